The van der Waals surface area contributed by atoms with Crippen LogP contribution in [0.25, 0.3) is 0 Å². The lowest BCUT2D eigenvalue weighted by molar-refractivity contribution is -0.149. The van der Waals surface area contributed by atoms with Crippen molar-refractivity contribution in [3.63, 3.8) is 0 Å². The van der Waals surface area contributed by atoms with E-state index in [1.807, 2.05) is 0 Å². The fraction of sp³-hybridized carbons (Fsp3) is 0.333. The molecule has 0 saturated heterocycles. The van der Waals surface area contributed by atoms with Gasteiger partial charge in [0.2, 0.25) is 0 Å². The molecule has 0 aliphatic rings. The van der Waals surface area contributed by atoms with Gasteiger partial charge in [0.25, 0.3) is 5.91 Å². The number of carbonyl (C=O) groups is 4. The molecule has 1 amide bonds. The largest absolute Gasteiger partial charge is 0.479 e. The summed E-state index contributed by atoms with van der Waals surface area (Å²) in [7, 11) is 0. The van der Waals surface area contributed by atoms with Crippen molar-refractivity contribution in [2.24, 2.45) is 0 Å². The Balaban J connectivity index is 2.02. The molecule has 0 aliphatic carbocycles. The lowest BCUT2D eigenvalue weighted by Crippen LogP contribution is -2.24. The number of amides is 1. The van der Waals surface area contributed by atoms with E-state index < -0.39 is 42.8 Å². The Kier molecular flexibility index (Phi) is 9.14. The van der Waals surface area contributed by atoms with Crippen LogP contribution in [0.3, 0.4) is 0 Å². The highest BCUT2D eigenvalue weighted by molar-refractivity contribution is 7.18. The van der Waals surface area contributed by atoms with Gasteiger partial charge >= 0.3 is 17.9 Å². The molecule has 1 heterocycles. The number of hydrogen-bond acceptors (Lipinski definition) is 9. The molecule has 2 rings (SSSR count). The van der Waals surface area contributed by atoms with E-state index in [0.29, 0.717) is 5.56 Å². The van der Waals surface area contributed by atoms with Crippen molar-refractivity contribution < 1.29 is 42.5 Å². The first-order chi connectivity index (χ1) is 15.3. The van der Waals surface area contributed by atoms with Gasteiger partial charge in [0.1, 0.15) is 9.88 Å². The van der Waals surface area contributed by atoms with Crippen molar-refractivity contribution in [2.75, 3.05) is 31.7 Å². The molecule has 0 saturated carbocycles. The highest BCUT2D eigenvalue weighted by Gasteiger charge is 2.27. The van der Waals surface area contributed by atoms with Crippen LogP contribution in [0, 0.1) is 12.7 Å². The number of ether oxygens (including phenoxy) is 4. The predicted molar refractivity (Wildman–Crippen MR) is 112 cm³/mol. The molecule has 172 valence electrons. The zero-order valence-electron chi connectivity index (χ0n) is 17.7. The molecular weight excluding hydrogens is 445 g/mol. The van der Waals surface area contributed by atoms with Gasteiger partial charge in [0.15, 0.2) is 24.8 Å². The second kappa shape index (κ2) is 11.8. The molecule has 1 N–H and O–H groups in total. The summed E-state index contributed by atoms with van der Waals surface area (Å²) < 4.78 is 33.3. The zero-order chi connectivity index (χ0) is 23.7. The van der Waals surface area contributed by atoms with E-state index >= 15 is 0 Å². The van der Waals surface area contributed by atoms with Crippen molar-refractivity contribution >= 4 is 40.2 Å². The van der Waals surface area contributed by atoms with Crippen LogP contribution >= 0.6 is 11.3 Å². The number of halogens is 1. The molecule has 1 aromatic heterocycles. The third-order valence-electron chi connectivity index (χ3n) is 3.89. The van der Waals surface area contributed by atoms with Gasteiger partial charge in [-0.15, -0.1) is 11.3 Å². The quantitative estimate of drug-likeness (QED) is 0.418. The number of esters is 3. The van der Waals surface area contributed by atoms with Crippen LogP contribution in [0.5, 0.6) is 5.75 Å². The van der Waals surface area contributed by atoms with Gasteiger partial charge in [-0.3, -0.25) is 4.79 Å². The molecule has 0 bridgehead atoms. The van der Waals surface area contributed by atoms with E-state index in [1.54, 1.807) is 13.8 Å². The third-order valence-corrected chi connectivity index (χ3v) is 5.07. The van der Waals surface area contributed by atoms with Crippen molar-refractivity contribution in [1.29, 1.82) is 0 Å². The molecule has 9 nitrogen and oxygen atoms in total. The summed E-state index contributed by atoms with van der Waals surface area (Å²) in [5.41, 5.74) is 0.319. The molecule has 0 aliphatic heterocycles. The maximum atomic E-state index is 13.5. The summed E-state index contributed by atoms with van der Waals surface area (Å²) in [5, 5.41) is 2.50. The standard InChI is InChI=1S/C21H22FNO8S/c1-4-28-20(26)17-12(3)18(21(27)29-5-2)32-19(17)23-15(24)10-31-16(25)11-30-14-9-7-6-8-13(14)22/h6-9H,4-5,10-11H2,1-3H3,(H,23,24). The molecule has 0 radical (unpaired) electrons. The van der Waals surface area contributed by atoms with Crippen LogP contribution in [-0.4, -0.2) is 50.2 Å². The molecule has 0 spiro atoms. The Morgan fingerprint density at radius 1 is 0.969 bits per heavy atom. The monoisotopic (exact) mass is 467 g/mol. The highest BCUT2D eigenvalue weighted by atomic mass is 32.1. The smallest absolute Gasteiger partial charge is 0.348 e. The molecular formula is C21H22FNO8S. The number of para-hydroxylation sites is 1. The van der Waals surface area contributed by atoms with Crippen LogP contribution in [0.2, 0.25) is 0 Å². The fourth-order valence-electron chi connectivity index (χ4n) is 2.49. The third kappa shape index (κ3) is 6.51. The first kappa shape index (κ1) is 24.8. The van der Waals surface area contributed by atoms with Crippen molar-refractivity contribution in [3.8, 4) is 5.75 Å². The summed E-state index contributed by atoms with van der Waals surface area (Å²) in [6.07, 6.45) is 0. The van der Waals surface area contributed by atoms with Crippen LogP contribution in [0.1, 0.15) is 39.4 Å². The lowest BCUT2D eigenvalue weighted by atomic mass is 10.1. The average molecular weight is 467 g/mol. The predicted octanol–water partition coefficient (Wildman–Crippen LogP) is 3.11. The lowest BCUT2D eigenvalue weighted by Gasteiger charge is -2.09. The SMILES string of the molecule is CCOC(=O)c1sc(NC(=O)COC(=O)COc2ccccc2F)c(C(=O)OCC)c1C. The second-order valence-electron chi connectivity index (χ2n) is 6.13. The van der Waals surface area contributed by atoms with Crippen molar-refractivity contribution in [3.05, 3.63) is 46.1 Å². The molecule has 0 unspecified atom stereocenters. The minimum absolute atomic E-state index is 0.0162. The Hall–Kier alpha value is -3.47. The molecule has 0 fully saturated rings. The van der Waals surface area contributed by atoms with Crippen LogP contribution in [0.15, 0.2) is 24.3 Å². The van der Waals surface area contributed by atoms with E-state index in [1.165, 1.54) is 31.2 Å². The minimum Gasteiger partial charge on any atom is -0.479 e. The van der Waals surface area contributed by atoms with Gasteiger partial charge in [0, 0.05) is 0 Å². The molecule has 1 aromatic carbocycles. The number of benzene rings is 1. The number of hydrogen-bond donors (Lipinski definition) is 1. The molecule has 2 aromatic rings. The van der Waals surface area contributed by atoms with Crippen molar-refractivity contribution in [2.45, 2.75) is 20.8 Å². The zero-order valence-corrected chi connectivity index (χ0v) is 18.5. The number of thiophene rings is 1. The van der Waals surface area contributed by atoms with E-state index in [9.17, 15) is 23.6 Å². The van der Waals surface area contributed by atoms with E-state index in [4.69, 9.17) is 18.9 Å². The van der Waals surface area contributed by atoms with E-state index in [-0.39, 0.29) is 34.4 Å². The first-order valence-electron chi connectivity index (χ1n) is 9.58. The van der Waals surface area contributed by atoms with Crippen molar-refractivity contribution in [1.82, 2.24) is 0 Å². The summed E-state index contributed by atoms with van der Waals surface area (Å²) >= 11 is 0.846. The Labute approximate surface area is 187 Å². The number of rotatable bonds is 10. The van der Waals surface area contributed by atoms with Gasteiger partial charge in [-0.05, 0) is 38.5 Å². The maximum absolute atomic E-state index is 13.5. The maximum Gasteiger partial charge on any atom is 0.348 e. The van der Waals surface area contributed by atoms with Gasteiger partial charge in [-0.25, -0.2) is 18.8 Å². The minimum atomic E-state index is -0.899. The summed E-state index contributed by atoms with van der Waals surface area (Å²) in [6.45, 7) is 3.73. The van der Waals surface area contributed by atoms with Gasteiger partial charge in [-0.2, -0.15) is 0 Å². The van der Waals surface area contributed by atoms with Crippen LogP contribution in [-0.2, 0) is 23.8 Å². The first-order valence-corrected chi connectivity index (χ1v) is 10.4. The highest BCUT2D eigenvalue weighted by Crippen LogP contribution is 2.34. The average Bonchev–Trinajstić information content (AvgIpc) is 3.07. The number of anilines is 1. The molecule has 0 atom stereocenters. The Bertz CT molecular complexity index is 1000. The van der Waals surface area contributed by atoms with Gasteiger partial charge in [-0.1, -0.05) is 12.1 Å². The molecule has 32 heavy (non-hydrogen) atoms. The van der Waals surface area contributed by atoms with Crippen LogP contribution in [0.4, 0.5) is 9.39 Å². The van der Waals surface area contributed by atoms with Crippen LogP contribution < -0.4 is 10.1 Å². The van der Waals surface area contributed by atoms with E-state index in [0.717, 1.165) is 11.3 Å². The normalized spacial score (nSPS) is 10.2. The summed E-state index contributed by atoms with van der Waals surface area (Å²) in [4.78, 5) is 48.6. The fourth-order valence-corrected chi connectivity index (χ4v) is 3.60. The second-order valence-corrected chi connectivity index (χ2v) is 7.15. The van der Waals surface area contributed by atoms with E-state index in [2.05, 4.69) is 5.32 Å². The summed E-state index contributed by atoms with van der Waals surface area (Å²) in [5.74, 6) is -3.79. The van der Waals surface area contributed by atoms with Gasteiger partial charge in [0.05, 0.1) is 18.8 Å². The number of nitrogens with one attached hydrogen (secondary N) is 1. The summed E-state index contributed by atoms with van der Waals surface area (Å²) in [6, 6.07) is 5.51. The number of carbonyl (C=O) groups excluding carboxylic acids is 4. The Morgan fingerprint density at radius 2 is 1.62 bits per heavy atom. The van der Waals surface area contributed by atoms with Gasteiger partial charge < -0.3 is 24.3 Å². The topological polar surface area (TPSA) is 117 Å². The molecule has 11 heteroatoms. The Morgan fingerprint density at radius 3 is 2.28 bits per heavy atom.